The summed E-state index contributed by atoms with van der Waals surface area (Å²) in [7, 11) is 1.66. The van der Waals surface area contributed by atoms with Crippen molar-refractivity contribution >= 4 is 5.91 Å². The number of carbonyl (C=O) groups is 1. The zero-order valence-corrected chi connectivity index (χ0v) is 11.1. The highest BCUT2D eigenvalue weighted by atomic mass is 16.5. The fourth-order valence-electron chi connectivity index (χ4n) is 2.23. The van der Waals surface area contributed by atoms with Crippen molar-refractivity contribution in [1.82, 2.24) is 10.6 Å². The van der Waals surface area contributed by atoms with Gasteiger partial charge in [0, 0.05) is 20.2 Å². The standard InChI is InChI=1S/C14H20N2O3/c1-19-9-11-4-2-3-10(5-11)7-16-14(18)13-6-12(17)8-15-13/h2-5,12-13,15,17H,6-9H2,1H3,(H,16,18). The SMILES string of the molecule is COCc1cccc(CNC(=O)C2CC(O)CN2)c1. The van der Waals surface area contributed by atoms with E-state index in [0.29, 0.717) is 26.1 Å². The van der Waals surface area contributed by atoms with Crippen LogP contribution in [0.25, 0.3) is 0 Å². The first-order valence-electron chi connectivity index (χ1n) is 6.45. The minimum atomic E-state index is -0.416. The number of aliphatic hydroxyl groups excluding tert-OH is 1. The molecule has 1 aromatic carbocycles. The number of benzene rings is 1. The lowest BCUT2D eigenvalue weighted by atomic mass is 10.1. The zero-order valence-electron chi connectivity index (χ0n) is 11.1. The van der Waals surface area contributed by atoms with Crippen LogP contribution in [0.3, 0.4) is 0 Å². The van der Waals surface area contributed by atoms with E-state index >= 15 is 0 Å². The fourth-order valence-corrected chi connectivity index (χ4v) is 2.23. The van der Waals surface area contributed by atoms with Gasteiger partial charge in [-0.1, -0.05) is 24.3 Å². The molecule has 1 aromatic rings. The van der Waals surface area contributed by atoms with E-state index < -0.39 is 6.10 Å². The summed E-state index contributed by atoms with van der Waals surface area (Å²) in [5.74, 6) is -0.0614. The molecular formula is C14H20N2O3. The smallest absolute Gasteiger partial charge is 0.237 e. The highest BCUT2D eigenvalue weighted by Gasteiger charge is 2.27. The average molecular weight is 264 g/mol. The first-order chi connectivity index (χ1) is 9.19. The average Bonchev–Trinajstić information content (AvgIpc) is 2.84. The van der Waals surface area contributed by atoms with E-state index in [4.69, 9.17) is 4.74 Å². The van der Waals surface area contributed by atoms with Crippen molar-refractivity contribution in [2.45, 2.75) is 31.7 Å². The fraction of sp³-hybridized carbons (Fsp3) is 0.500. The molecule has 3 N–H and O–H groups in total. The number of β-amino-alcohol motifs (C(OH)–C–C–N with tert-alkyl or cyclic N) is 1. The third-order valence-corrected chi connectivity index (χ3v) is 3.19. The second kappa shape index (κ2) is 6.65. The summed E-state index contributed by atoms with van der Waals surface area (Å²) >= 11 is 0. The number of carbonyl (C=O) groups excluding carboxylic acids is 1. The Morgan fingerprint density at radius 2 is 2.32 bits per heavy atom. The molecule has 0 aliphatic carbocycles. The maximum Gasteiger partial charge on any atom is 0.237 e. The molecule has 1 amide bonds. The van der Waals surface area contributed by atoms with Crippen molar-refractivity contribution in [1.29, 1.82) is 0 Å². The molecule has 2 atom stereocenters. The van der Waals surface area contributed by atoms with Crippen LogP contribution < -0.4 is 10.6 Å². The third-order valence-electron chi connectivity index (χ3n) is 3.19. The molecule has 2 rings (SSSR count). The molecule has 19 heavy (non-hydrogen) atoms. The number of hydrogen-bond donors (Lipinski definition) is 3. The maximum absolute atomic E-state index is 11.9. The summed E-state index contributed by atoms with van der Waals surface area (Å²) in [6, 6.07) is 7.64. The molecule has 0 saturated carbocycles. The van der Waals surface area contributed by atoms with Gasteiger partial charge in [-0.3, -0.25) is 4.79 Å². The van der Waals surface area contributed by atoms with Crippen LogP contribution in [0.4, 0.5) is 0 Å². The molecule has 1 aliphatic heterocycles. The van der Waals surface area contributed by atoms with Gasteiger partial charge in [0.1, 0.15) is 0 Å². The van der Waals surface area contributed by atoms with Gasteiger partial charge in [-0.05, 0) is 17.5 Å². The summed E-state index contributed by atoms with van der Waals surface area (Å²) in [5.41, 5.74) is 2.13. The topological polar surface area (TPSA) is 70.6 Å². The number of rotatable bonds is 5. The molecule has 5 nitrogen and oxygen atoms in total. The van der Waals surface area contributed by atoms with E-state index in [1.165, 1.54) is 0 Å². The van der Waals surface area contributed by atoms with Crippen LogP contribution in [-0.4, -0.2) is 36.8 Å². The Labute approximate surface area is 113 Å². The molecule has 104 valence electrons. The predicted molar refractivity (Wildman–Crippen MR) is 71.4 cm³/mol. The summed E-state index contributed by atoms with van der Waals surface area (Å²) < 4.78 is 5.08. The lowest BCUT2D eigenvalue weighted by Gasteiger charge is -2.11. The maximum atomic E-state index is 11.9. The predicted octanol–water partition coefficient (Wildman–Crippen LogP) is 0.172. The van der Waals surface area contributed by atoms with Crippen LogP contribution in [0.15, 0.2) is 24.3 Å². The van der Waals surface area contributed by atoms with Gasteiger partial charge in [-0.15, -0.1) is 0 Å². The minimum Gasteiger partial charge on any atom is -0.392 e. The van der Waals surface area contributed by atoms with Gasteiger partial charge in [-0.2, -0.15) is 0 Å². The normalized spacial score (nSPS) is 22.4. The highest BCUT2D eigenvalue weighted by molar-refractivity contribution is 5.82. The molecule has 1 aliphatic rings. The van der Waals surface area contributed by atoms with Crippen molar-refractivity contribution in [2.24, 2.45) is 0 Å². The molecule has 1 fully saturated rings. The Morgan fingerprint density at radius 3 is 3.00 bits per heavy atom. The Hall–Kier alpha value is -1.43. The summed E-state index contributed by atoms with van der Waals surface area (Å²) in [6.45, 7) is 1.55. The van der Waals surface area contributed by atoms with Crippen LogP contribution in [-0.2, 0) is 22.7 Å². The van der Waals surface area contributed by atoms with E-state index in [2.05, 4.69) is 10.6 Å². The van der Waals surface area contributed by atoms with Crippen LogP contribution in [0.2, 0.25) is 0 Å². The van der Waals surface area contributed by atoms with Crippen molar-refractivity contribution in [3.8, 4) is 0 Å². The Bertz CT molecular complexity index is 436. The number of methoxy groups -OCH3 is 1. The number of hydrogen-bond acceptors (Lipinski definition) is 4. The first kappa shape index (κ1) is 14.0. The highest BCUT2D eigenvalue weighted by Crippen LogP contribution is 2.08. The van der Waals surface area contributed by atoms with Gasteiger partial charge in [-0.25, -0.2) is 0 Å². The number of amides is 1. The lowest BCUT2D eigenvalue weighted by molar-refractivity contribution is -0.123. The number of aliphatic hydroxyl groups is 1. The van der Waals surface area contributed by atoms with Crippen molar-refractivity contribution in [2.75, 3.05) is 13.7 Å². The number of nitrogens with one attached hydrogen (secondary N) is 2. The molecule has 2 unspecified atom stereocenters. The third kappa shape index (κ3) is 4.02. The van der Waals surface area contributed by atoms with Crippen molar-refractivity contribution in [3.63, 3.8) is 0 Å². The second-order valence-electron chi connectivity index (χ2n) is 4.82. The molecule has 5 heteroatoms. The first-order valence-corrected chi connectivity index (χ1v) is 6.45. The van der Waals surface area contributed by atoms with E-state index in [0.717, 1.165) is 11.1 Å². The van der Waals surface area contributed by atoms with Crippen LogP contribution >= 0.6 is 0 Å². The summed E-state index contributed by atoms with van der Waals surface area (Å²) in [4.78, 5) is 11.9. The molecular weight excluding hydrogens is 244 g/mol. The molecule has 1 heterocycles. The van der Waals surface area contributed by atoms with E-state index in [1.807, 2.05) is 24.3 Å². The Balaban J connectivity index is 1.84. The Kier molecular flexibility index (Phi) is 4.90. The lowest BCUT2D eigenvalue weighted by Crippen LogP contribution is -2.40. The number of ether oxygens (including phenoxy) is 1. The van der Waals surface area contributed by atoms with E-state index in [9.17, 15) is 9.90 Å². The molecule has 0 radical (unpaired) electrons. The molecule has 0 spiro atoms. The zero-order chi connectivity index (χ0) is 13.7. The van der Waals surface area contributed by atoms with Gasteiger partial charge in [0.05, 0.1) is 18.8 Å². The van der Waals surface area contributed by atoms with Gasteiger partial charge in [0.25, 0.3) is 0 Å². The van der Waals surface area contributed by atoms with Crippen LogP contribution in [0, 0.1) is 0 Å². The quantitative estimate of drug-likeness (QED) is 0.709. The minimum absolute atomic E-state index is 0.0614. The largest absolute Gasteiger partial charge is 0.392 e. The summed E-state index contributed by atoms with van der Waals surface area (Å²) in [6.07, 6.45) is 0.0658. The monoisotopic (exact) mass is 264 g/mol. The van der Waals surface area contributed by atoms with Crippen LogP contribution in [0.5, 0.6) is 0 Å². The van der Waals surface area contributed by atoms with Crippen molar-refractivity contribution < 1.29 is 14.6 Å². The van der Waals surface area contributed by atoms with Crippen LogP contribution in [0.1, 0.15) is 17.5 Å². The molecule has 0 bridgehead atoms. The van der Waals surface area contributed by atoms with E-state index in [-0.39, 0.29) is 11.9 Å². The molecule has 1 saturated heterocycles. The van der Waals surface area contributed by atoms with Gasteiger partial charge >= 0.3 is 0 Å². The van der Waals surface area contributed by atoms with Crippen molar-refractivity contribution in [3.05, 3.63) is 35.4 Å². The Morgan fingerprint density at radius 1 is 1.53 bits per heavy atom. The summed E-state index contributed by atoms with van der Waals surface area (Å²) in [5, 5.41) is 15.2. The second-order valence-corrected chi connectivity index (χ2v) is 4.82. The van der Waals surface area contributed by atoms with E-state index in [1.54, 1.807) is 7.11 Å². The molecule has 0 aromatic heterocycles. The van der Waals surface area contributed by atoms with Gasteiger partial charge < -0.3 is 20.5 Å². The van der Waals surface area contributed by atoms with Gasteiger partial charge in [0.15, 0.2) is 0 Å². The van der Waals surface area contributed by atoms with Gasteiger partial charge in [0.2, 0.25) is 5.91 Å².